The summed E-state index contributed by atoms with van der Waals surface area (Å²) in [6, 6.07) is 18.6. The second kappa shape index (κ2) is 12.9. The highest BCUT2D eigenvalue weighted by Gasteiger charge is 2.20. The lowest BCUT2D eigenvalue weighted by atomic mass is 10.1. The number of benzene rings is 3. The fourth-order valence-corrected chi connectivity index (χ4v) is 5.68. The van der Waals surface area contributed by atoms with Gasteiger partial charge in [-0.1, -0.05) is 41.6 Å². The molecule has 0 bridgehead atoms. The summed E-state index contributed by atoms with van der Waals surface area (Å²) in [4.78, 5) is 25.7. The van der Waals surface area contributed by atoms with Gasteiger partial charge in [-0.25, -0.2) is 12.7 Å². The molecule has 0 aliphatic heterocycles. The van der Waals surface area contributed by atoms with Crippen molar-refractivity contribution < 1.29 is 18.0 Å². The van der Waals surface area contributed by atoms with Crippen LogP contribution in [0.1, 0.15) is 27.3 Å². The van der Waals surface area contributed by atoms with Gasteiger partial charge in [0.1, 0.15) is 0 Å². The largest absolute Gasteiger partial charge is 0.345 e. The molecular weight excluding hydrogens is 584 g/mol. The number of hydrogen-bond donors (Lipinski definition) is 2. The topological polar surface area (TPSA) is 126 Å². The molecule has 41 heavy (non-hydrogen) atoms. The second-order valence-electron chi connectivity index (χ2n) is 9.36. The van der Waals surface area contributed by atoms with Crippen LogP contribution in [0.4, 0.5) is 5.69 Å². The molecule has 2 N–H and O–H groups in total. The van der Waals surface area contributed by atoms with Crippen LogP contribution in [-0.2, 0) is 21.4 Å². The normalized spacial score (nSPS) is 11.5. The Morgan fingerprint density at radius 2 is 1.73 bits per heavy atom. The SMILES string of the molecule is Cc1ccc(C)c(NC(=O)CSc2nnc(CNC(=O)c3ccc(S(=O)(=O)N(C)C)cc3)n2-c2cccc(Cl)c2)c1. The molecule has 4 rings (SSSR count). The van der Waals surface area contributed by atoms with Crippen molar-refractivity contribution in [2.45, 2.75) is 30.4 Å². The van der Waals surface area contributed by atoms with Crippen molar-refractivity contribution in [3.05, 3.63) is 94.3 Å². The summed E-state index contributed by atoms with van der Waals surface area (Å²) in [7, 11) is -0.726. The molecule has 0 spiro atoms. The first-order valence-corrected chi connectivity index (χ1v) is 15.3. The molecule has 1 heterocycles. The minimum atomic E-state index is -3.61. The van der Waals surface area contributed by atoms with Crippen molar-refractivity contribution in [2.75, 3.05) is 25.2 Å². The van der Waals surface area contributed by atoms with E-state index in [1.807, 2.05) is 38.1 Å². The van der Waals surface area contributed by atoms with E-state index in [0.29, 0.717) is 21.7 Å². The number of nitrogens with zero attached hydrogens (tertiary/aromatic N) is 4. The first-order chi connectivity index (χ1) is 19.5. The highest BCUT2D eigenvalue weighted by molar-refractivity contribution is 7.99. The molecule has 3 aromatic carbocycles. The first-order valence-electron chi connectivity index (χ1n) is 12.5. The van der Waals surface area contributed by atoms with Gasteiger partial charge in [-0.2, -0.15) is 0 Å². The molecule has 0 fully saturated rings. The number of rotatable bonds is 10. The van der Waals surface area contributed by atoms with Crippen LogP contribution in [0.25, 0.3) is 5.69 Å². The van der Waals surface area contributed by atoms with E-state index in [-0.39, 0.29) is 28.7 Å². The zero-order chi connectivity index (χ0) is 29.7. The molecule has 2 amide bonds. The average molecular weight is 613 g/mol. The van der Waals surface area contributed by atoms with Gasteiger partial charge in [-0.15, -0.1) is 10.2 Å². The Morgan fingerprint density at radius 3 is 2.41 bits per heavy atom. The molecule has 10 nitrogen and oxygen atoms in total. The summed E-state index contributed by atoms with van der Waals surface area (Å²) in [5, 5.41) is 15.2. The predicted octanol–water partition coefficient (Wildman–Crippen LogP) is 4.45. The minimum absolute atomic E-state index is 0.0192. The van der Waals surface area contributed by atoms with Crippen LogP contribution < -0.4 is 10.6 Å². The molecular formula is C28H29ClN6O4S2. The van der Waals surface area contributed by atoms with Crippen LogP contribution in [0, 0.1) is 13.8 Å². The van der Waals surface area contributed by atoms with Crippen molar-refractivity contribution in [2.24, 2.45) is 0 Å². The molecule has 13 heteroatoms. The number of carbonyl (C=O) groups is 2. The molecule has 0 radical (unpaired) electrons. The first kappa shape index (κ1) is 30.3. The maximum Gasteiger partial charge on any atom is 0.251 e. The van der Waals surface area contributed by atoms with E-state index in [4.69, 9.17) is 11.6 Å². The molecule has 0 unspecified atom stereocenters. The second-order valence-corrected chi connectivity index (χ2v) is 12.9. The fourth-order valence-electron chi connectivity index (χ4n) is 3.82. The maximum absolute atomic E-state index is 12.9. The highest BCUT2D eigenvalue weighted by atomic mass is 35.5. The Bertz CT molecular complexity index is 1690. The van der Waals surface area contributed by atoms with Gasteiger partial charge in [-0.3, -0.25) is 14.2 Å². The number of thioether (sulfide) groups is 1. The van der Waals surface area contributed by atoms with Crippen molar-refractivity contribution in [3.8, 4) is 5.69 Å². The van der Waals surface area contributed by atoms with Gasteiger partial charge in [0.15, 0.2) is 11.0 Å². The number of aryl methyl sites for hydroxylation is 2. The van der Waals surface area contributed by atoms with E-state index in [1.165, 1.54) is 50.1 Å². The molecule has 0 atom stereocenters. The lowest BCUT2D eigenvalue weighted by molar-refractivity contribution is -0.113. The number of anilines is 1. The van der Waals surface area contributed by atoms with Crippen LogP contribution in [-0.4, -0.2) is 59.2 Å². The molecule has 1 aromatic heterocycles. The number of aromatic nitrogens is 3. The van der Waals surface area contributed by atoms with E-state index in [9.17, 15) is 18.0 Å². The maximum atomic E-state index is 12.9. The van der Waals surface area contributed by atoms with Gasteiger partial charge < -0.3 is 10.6 Å². The summed E-state index contributed by atoms with van der Waals surface area (Å²) in [5.41, 5.74) is 3.71. The van der Waals surface area contributed by atoms with Crippen molar-refractivity contribution in [3.63, 3.8) is 0 Å². The minimum Gasteiger partial charge on any atom is -0.345 e. The van der Waals surface area contributed by atoms with Crippen LogP contribution in [0.15, 0.2) is 76.8 Å². The summed E-state index contributed by atoms with van der Waals surface area (Å²) < 4.78 is 27.5. The molecule has 0 aliphatic rings. The van der Waals surface area contributed by atoms with Gasteiger partial charge in [-0.05, 0) is 73.5 Å². The van der Waals surface area contributed by atoms with Gasteiger partial charge >= 0.3 is 0 Å². The number of sulfonamides is 1. The third kappa shape index (κ3) is 7.33. The third-order valence-corrected chi connectivity index (χ3v) is 9.06. The van der Waals surface area contributed by atoms with E-state index >= 15 is 0 Å². The lowest BCUT2D eigenvalue weighted by Gasteiger charge is -2.13. The van der Waals surface area contributed by atoms with Crippen LogP contribution >= 0.6 is 23.4 Å². The number of amides is 2. The Kier molecular flexibility index (Phi) is 9.49. The molecule has 0 aliphatic carbocycles. The predicted molar refractivity (Wildman–Crippen MR) is 160 cm³/mol. The zero-order valence-electron chi connectivity index (χ0n) is 22.9. The van der Waals surface area contributed by atoms with Crippen LogP contribution in [0.5, 0.6) is 0 Å². The van der Waals surface area contributed by atoms with Gasteiger partial charge in [0.25, 0.3) is 5.91 Å². The summed E-state index contributed by atoms with van der Waals surface area (Å²) in [6.45, 7) is 3.91. The lowest BCUT2D eigenvalue weighted by Crippen LogP contribution is -2.25. The van der Waals surface area contributed by atoms with Gasteiger partial charge in [0, 0.05) is 30.4 Å². The van der Waals surface area contributed by atoms with Gasteiger partial charge in [0.2, 0.25) is 15.9 Å². The zero-order valence-corrected chi connectivity index (χ0v) is 25.3. The number of carbonyl (C=O) groups excluding carboxylic acids is 2. The van der Waals surface area contributed by atoms with E-state index in [2.05, 4.69) is 20.8 Å². The smallest absolute Gasteiger partial charge is 0.251 e. The molecule has 0 saturated carbocycles. The van der Waals surface area contributed by atoms with Crippen LogP contribution in [0.2, 0.25) is 5.02 Å². The van der Waals surface area contributed by atoms with E-state index < -0.39 is 15.9 Å². The van der Waals surface area contributed by atoms with Gasteiger partial charge in [0.05, 0.1) is 22.9 Å². The van der Waals surface area contributed by atoms with E-state index in [1.54, 1.807) is 22.8 Å². The Labute approximate surface area is 248 Å². The Balaban J connectivity index is 1.50. The molecule has 214 valence electrons. The standard InChI is InChI=1S/C28H29ClN6O4S2/c1-18-8-9-19(2)24(14-18)31-26(36)17-40-28-33-32-25(35(28)22-7-5-6-21(29)15-22)16-30-27(37)20-10-12-23(13-11-20)41(38,39)34(3)4/h5-15H,16-17H2,1-4H3,(H,30,37)(H,31,36). The highest BCUT2D eigenvalue weighted by Crippen LogP contribution is 2.25. The fraction of sp³-hybridized carbons (Fsp3) is 0.214. The summed E-state index contributed by atoms with van der Waals surface area (Å²) in [5.74, 6) is -0.106. The Morgan fingerprint density at radius 1 is 1.00 bits per heavy atom. The Hall–Kier alpha value is -3.71. The number of nitrogens with one attached hydrogen (secondary N) is 2. The molecule has 0 saturated heterocycles. The molecule has 4 aromatic rings. The monoisotopic (exact) mass is 612 g/mol. The number of hydrogen-bond acceptors (Lipinski definition) is 7. The van der Waals surface area contributed by atoms with Crippen LogP contribution in [0.3, 0.4) is 0 Å². The third-order valence-electron chi connectivity index (χ3n) is 6.07. The average Bonchev–Trinajstić information content (AvgIpc) is 3.35. The van der Waals surface area contributed by atoms with E-state index in [0.717, 1.165) is 21.1 Å². The van der Waals surface area contributed by atoms with Crippen molar-refractivity contribution in [1.82, 2.24) is 24.4 Å². The summed E-state index contributed by atoms with van der Waals surface area (Å²) >= 11 is 7.45. The van der Waals surface area contributed by atoms with Crippen molar-refractivity contribution >= 4 is 50.9 Å². The van der Waals surface area contributed by atoms with Crippen molar-refractivity contribution in [1.29, 1.82) is 0 Å². The quantitative estimate of drug-likeness (QED) is 0.253. The summed E-state index contributed by atoms with van der Waals surface area (Å²) in [6.07, 6.45) is 0. The number of halogens is 1.